The first-order valence-corrected chi connectivity index (χ1v) is 10.0. The molecule has 10 nitrogen and oxygen atoms in total. The number of rotatable bonds is 6. The van der Waals surface area contributed by atoms with Crippen molar-refractivity contribution in [2.24, 2.45) is 5.41 Å². The number of imide groups is 1. The Kier molecular flexibility index (Phi) is 4.97. The van der Waals surface area contributed by atoms with Crippen LogP contribution in [-0.4, -0.2) is 52.5 Å². The summed E-state index contributed by atoms with van der Waals surface area (Å²) in [7, 11) is -4.70. The summed E-state index contributed by atoms with van der Waals surface area (Å²) in [4.78, 5) is 36.3. The maximum atomic E-state index is 11.9. The summed E-state index contributed by atoms with van der Waals surface area (Å²) in [5.41, 5.74) is -2.34. The molecule has 152 valence electrons. The van der Waals surface area contributed by atoms with Gasteiger partial charge in [-0.3, -0.25) is 18.9 Å². The lowest BCUT2D eigenvalue weighted by Gasteiger charge is -2.25. The van der Waals surface area contributed by atoms with Crippen molar-refractivity contribution in [3.63, 3.8) is 0 Å². The molecule has 1 aromatic carbocycles. The summed E-state index contributed by atoms with van der Waals surface area (Å²) < 4.78 is 32.2. The molecule has 29 heavy (non-hydrogen) atoms. The van der Waals surface area contributed by atoms with Gasteiger partial charge in [0.2, 0.25) is 0 Å². The van der Waals surface area contributed by atoms with Crippen LogP contribution >= 0.6 is 0 Å². The molecule has 4 N–H and O–H groups in total. The highest BCUT2D eigenvalue weighted by molar-refractivity contribution is 7.87. The Bertz CT molecular complexity index is 1060. The van der Waals surface area contributed by atoms with Gasteiger partial charge >= 0.3 is 5.97 Å². The third-order valence-corrected chi connectivity index (χ3v) is 6.33. The van der Waals surface area contributed by atoms with Crippen LogP contribution in [0.25, 0.3) is 0 Å². The first kappa shape index (κ1) is 20.6. The van der Waals surface area contributed by atoms with Crippen molar-refractivity contribution in [1.82, 2.24) is 0 Å². The molecule has 0 radical (unpaired) electrons. The predicted molar refractivity (Wildman–Crippen MR) is 102 cm³/mol. The fourth-order valence-electron chi connectivity index (χ4n) is 3.59. The van der Waals surface area contributed by atoms with E-state index < -0.39 is 56.4 Å². The number of carboxylic acids is 1. The summed E-state index contributed by atoms with van der Waals surface area (Å²) in [5.74, 6) is -2.47. The lowest BCUT2D eigenvalue weighted by Crippen LogP contribution is -2.43. The van der Waals surface area contributed by atoms with Gasteiger partial charge in [-0.25, -0.2) is 4.90 Å². The lowest BCUT2D eigenvalue weighted by molar-refractivity contribution is -0.142. The molecule has 1 aliphatic carbocycles. The van der Waals surface area contributed by atoms with Crippen LogP contribution in [0.3, 0.4) is 0 Å². The van der Waals surface area contributed by atoms with E-state index in [1.54, 1.807) is 12.1 Å². The SMILES string of the molecule is N=C1CC(S(=O)(=O)O)C(=N)C1(CCc1ccc(N2C(=O)C=CC2=O)cc1)C(=O)O. The summed E-state index contributed by atoms with van der Waals surface area (Å²) in [6.45, 7) is 0. The van der Waals surface area contributed by atoms with Gasteiger partial charge in [0.15, 0.2) is 0 Å². The van der Waals surface area contributed by atoms with E-state index in [1.807, 2.05) is 0 Å². The monoisotopic (exact) mass is 419 g/mol. The second-order valence-corrected chi connectivity index (χ2v) is 8.42. The fourth-order valence-corrected chi connectivity index (χ4v) is 4.46. The zero-order valence-electron chi connectivity index (χ0n) is 15.0. The molecule has 2 atom stereocenters. The summed E-state index contributed by atoms with van der Waals surface area (Å²) >= 11 is 0. The number of aliphatic carboxylic acids is 1. The number of nitrogens with one attached hydrogen (secondary N) is 2. The Labute approximate surface area is 165 Å². The van der Waals surface area contributed by atoms with Crippen LogP contribution in [0.2, 0.25) is 0 Å². The number of nitrogens with zero attached hydrogens (tertiary/aromatic N) is 1. The average Bonchev–Trinajstić information content (AvgIpc) is 3.10. The number of hydrogen-bond donors (Lipinski definition) is 4. The van der Waals surface area contributed by atoms with E-state index in [-0.39, 0.29) is 12.8 Å². The number of benzene rings is 1. The molecule has 0 saturated heterocycles. The van der Waals surface area contributed by atoms with Gasteiger partial charge in [0.05, 0.1) is 11.4 Å². The van der Waals surface area contributed by atoms with E-state index in [1.165, 1.54) is 12.1 Å². The Morgan fingerprint density at radius 1 is 1.14 bits per heavy atom. The molecule has 0 bridgehead atoms. The molecular formula is C18H17N3O7S. The number of carbonyl (C=O) groups is 3. The summed E-state index contributed by atoms with van der Waals surface area (Å²) in [5, 5.41) is 24.0. The number of anilines is 1. The standard InChI is InChI=1S/C18H17N3O7S/c19-13-9-12(29(26,27)28)16(20)18(13,17(24)25)8-7-10-1-3-11(4-2-10)21-14(22)5-6-15(21)23/h1-6,12,19-20H,7-9H2,(H,24,25)(H,26,27,28). The van der Waals surface area contributed by atoms with Crippen LogP contribution in [0.1, 0.15) is 18.4 Å². The Hall–Kier alpha value is -3.18. The molecule has 1 aromatic rings. The van der Waals surface area contributed by atoms with Crippen molar-refractivity contribution >= 4 is 45.0 Å². The predicted octanol–water partition coefficient (Wildman–Crippen LogP) is 0.819. The quantitative estimate of drug-likeness (QED) is 0.389. The summed E-state index contributed by atoms with van der Waals surface area (Å²) in [6.07, 6.45) is 1.60. The van der Waals surface area contributed by atoms with E-state index >= 15 is 0 Å². The molecule has 2 aliphatic rings. The highest BCUT2D eigenvalue weighted by atomic mass is 32.2. The molecule has 2 amide bonds. The first-order chi connectivity index (χ1) is 13.5. The molecule has 0 spiro atoms. The van der Waals surface area contributed by atoms with Crippen molar-refractivity contribution < 1.29 is 32.5 Å². The second-order valence-electron chi connectivity index (χ2n) is 6.82. The number of amides is 2. The van der Waals surface area contributed by atoms with Gasteiger partial charge < -0.3 is 15.9 Å². The van der Waals surface area contributed by atoms with E-state index in [0.717, 1.165) is 17.1 Å². The number of hydrogen-bond acceptors (Lipinski definition) is 7. The maximum absolute atomic E-state index is 11.9. The fraction of sp³-hybridized carbons (Fsp3) is 0.278. The van der Waals surface area contributed by atoms with E-state index in [0.29, 0.717) is 11.3 Å². The largest absolute Gasteiger partial charge is 0.480 e. The molecule has 1 aliphatic heterocycles. The van der Waals surface area contributed by atoms with Crippen LogP contribution < -0.4 is 4.90 Å². The van der Waals surface area contributed by atoms with Crippen molar-refractivity contribution in [2.75, 3.05) is 4.90 Å². The minimum atomic E-state index is -4.70. The Balaban J connectivity index is 1.81. The van der Waals surface area contributed by atoms with Crippen LogP contribution in [-0.2, 0) is 30.9 Å². The zero-order chi connectivity index (χ0) is 21.6. The molecule has 3 rings (SSSR count). The smallest absolute Gasteiger partial charge is 0.321 e. The minimum absolute atomic E-state index is 0.0929. The number of carboxylic acid groups (broad SMARTS) is 1. The van der Waals surface area contributed by atoms with Crippen molar-refractivity contribution in [3.05, 3.63) is 42.0 Å². The van der Waals surface area contributed by atoms with Crippen LogP contribution in [0.5, 0.6) is 0 Å². The zero-order valence-corrected chi connectivity index (χ0v) is 15.8. The Morgan fingerprint density at radius 2 is 1.69 bits per heavy atom. The summed E-state index contributed by atoms with van der Waals surface area (Å²) in [6, 6.07) is 6.17. The van der Waals surface area contributed by atoms with Gasteiger partial charge in [-0.05, 0) is 30.5 Å². The van der Waals surface area contributed by atoms with E-state index in [4.69, 9.17) is 10.8 Å². The first-order valence-electron chi connectivity index (χ1n) is 8.50. The lowest BCUT2D eigenvalue weighted by atomic mass is 9.78. The molecular weight excluding hydrogens is 402 g/mol. The van der Waals surface area contributed by atoms with Crippen molar-refractivity contribution in [3.8, 4) is 0 Å². The molecule has 2 unspecified atom stereocenters. The highest BCUT2D eigenvalue weighted by Gasteiger charge is 2.57. The molecule has 1 heterocycles. The number of carbonyl (C=O) groups excluding carboxylic acids is 2. The van der Waals surface area contributed by atoms with Gasteiger partial charge in [-0.2, -0.15) is 8.42 Å². The normalized spacial score (nSPS) is 24.6. The highest BCUT2D eigenvalue weighted by Crippen LogP contribution is 2.39. The number of aryl methyl sites for hydroxylation is 1. The maximum Gasteiger partial charge on any atom is 0.321 e. The average molecular weight is 419 g/mol. The topological polar surface area (TPSA) is 177 Å². The van der Waals surface area contributed by atoms with Crippen molar-refractivity contribution in [1.29, 1.82) is 10.8 Å². The van der Waals surface area contributed by atoms with Gasteiger partial charge in [0, 0.05) is 24.3 Å². The van der Waals surface area contributed by atoms with Gasteiger partial charge in [-0.1, -0.05) is 12.1 Å². The molecule has 1 fully saturated rings. The minimum Gasteiger partial charge on any atom is -0.480 e. The van der Waals surface area contributed by atoms with Crippen LogP contribution in [0.15, 0.2) is 36.4 Å². The third kappa shape index (κ3) is 3.38. The molecule has 1 saturated carbocycles. The van der Waals surface area contributed by atoms with Gasteiger partial charge in [-0.15, -0.1) is 0 Å². The second kappa shape index (κ2) is 7.01. The third-order valence-electron chi connectivity index (χ3n) is 5.20. The van der Waals surface area contributed by atoms with Crippen LogP contribution in [0, 0.1) is 16.2 Å². The molecule has 11 heteroatoms. The van der Waals surface area contributed by atoms with Gasteiger partial charge in [0.1, 0.15) is 10.7 Å². The Morgan fingerprint density at radius 3 is 2.14 bits per heavy atom. The van der Waals surface area contributed by atoms with Crippen molar-refractivity contribution in [2.45, 2.75) is 24.5 Å². The molecule has 0 aromatic heterocycles. The van der Waals surface area contributed by atoms with E-state index in [9.17, 15) is 32.5 Å². The van der Waals surface area contributed by atoms with Crippen LogP contribution in [0.4, 0.5) is 5.69 Å². The van der Waals surface area contributed by atoms with Gasteiger partial charge in [0.25, 0.3) is 21.9 Å². The van der Waals surface area contributed by atoms with E-state index in [2.05, 4.69) is 0 Å².